The summed E-state index contributed by atoms with van der Waals surface area (Å²) in [6.45, 7) is 1.86. The molecule has 2 aromatic carbocycles. The van der Waals surface area contributed by atoms with E-state index >= 15 is 0 Å². The van der Waals surface area contributed by atoms with E-state index in [4.69, 9.17) is 9.84 Å². The molecule has 0 aliphatic carbocycles. The van der Waals surface area contributed by atoms with Gasteiger partial charge in [-0.3, -0.25) is 9.59 Å². The monoisotopic (exact) mass is 409 g/mol. The third kappa shape index (κ3) is 4.66. The minimum atomic E-state index is -0.616. The average molecular weight is 409 g/mol. The number of ether oxygens (including phenoxy) is 1. The molecule has 8 heteroatoms. The van der Waals surface area contributed by atoms with Crippen molar-refractivity contribution in [3.05, 3.63) is 70.9 Å². The lowest BCUT2D eigenvalue weighted by Crippen LogP contribution is -2.31. The number of aliphatic hydroxyl groups is 1. The van der Waals surface area contributed by atoms with Gasteiger partial charge in [0.25, 0.3) is 11.8 Å². The lowest BCUT2D eigenvalue weighted by molar-refractivity contribution is -0.136. The highest BCUT2D eigenvalue weighted by atomic mass is 16.5. The summed E-state index contributed by atoms with van der Waals surface area (Å²) >= 11 is 0. The van der Waals surface area contributed by atoms with Gasteiger partial charge < -0.3 is 25.4 Å². The van der Waals surface area contributed by atoms with Crippen LogP contribution in [0.5, 0.6) is 0 Å². The van der Waals surface area contributed by atoms with Gasteiger partial charge in [0.1, 0.15) is 5.70 Å². The smallest absolute Gasteiger partial charge is 0.337 e. The molecule has 3 N–H and O–H groups in total. The summed E-state index contributed by atoms with van der Waals surface area (Å²) in [5.41, 5.74) is 2.85. The first kappa shape index (κ1) is 21.1. The van der Waals surface area contributed by atoms with Crippen molar-refractivity contribution in [3.8, 4) is 0 Å². The Morgan fingerprint density at radius 1 is 1.13 bits per heavy atom. The van der Waals surface area contributed by atoms with Crippen LogP contribution in [0.4, 0.5) is 11.4 Å². The Hall–Kier alpha value is -3.65. The van der Waals surface area contributed by atoms with Gasteiger partial charge in [0, 0.05) is 23.5 Å². The largest absolute Gasteiger partial charge is 0.466 e. The summed E-state index contributed by atoms with van der Waals surface area (Å²) in [5, 5.41) is 14.9. The second-order valence-corrected chi connectivity index (χ2v) is 6.82. The van der Waals surface area contributed by atoms with Crippen molar-refractivity contribution in [2.45, 2.75) is 6.92 Å². The Kier molecular flexibility index (Phi) is 6.48. The number of benzene rings is 2. The Balaban J connectivity index is 1.80. The number of β-amino-alcohol motifs (C(OH)–C–C–N with tert-alkyl or cyclic N) is 1. The second-order valence-electron chi connectivity index (χ2n) is 6.82. The van der Waals surface area contributed by atoms with Crippen LogP contribution in [0.2, 0.25) is 0 Å². The van der Waals surface area contributed by atoms with Crippen molar-refractivity contribution < 1.29 is 24.2 Å². The van der Waals surface area contributed by atoms with Crippen LogP contribution in [-0.2, 0) is 14.3 Å². The molecule has 3 rings (SSSR count). The summed E-state index contributed by atoms with van der Waals surface area (Å²) in [4.78, 5) is 38.6. The molecule has 1 heterocycles. The van der Waals surface area contributed by atoms with Crippen LogP contribution in [0.1, 0.15) is 15.9 Å². The van der Waals surface area contributed by atoms with E-state index in [1.54, 1.807) is 36.4 Å². The topological polar surface area (TPSA) is 108 Å². The van der Waals surface area contributed by atoms with Gasteiger partial charge in [-0.1, -0.05) is 23.8 Å². The molecular formula is C22H23N3O5. The number of anilines is 2. The van der Waals surface area contributed by atoms with Crippen molar-refractivity contribution in [3.63, 3.8) is 0 Å². The molecule has 0 radical (unpaired) electrons. The number of nitrogens with one attached hydrogen (secondary N) is 2. The van der Waals surface area contributed by atoms with Crippen molar-refractivity contribution >= 4 is 29.2 Å². The van der Waals surface area contributed by atoms with Gasteiger partial charge >= 0.3 is 5.97 Å². The van der Waals surface area contributed by atoms with E-state index in [2.05, 4.69) is 10.6 Å². The van der Waals surface area contributed by atoms with Crippen LogP contribution in [0.15, 0.2) is 59.8 Å². The minimum Gasteiger partial charge on any atom is -0.466 e. The molecule has 156 valence electrons. The number of rotatable bonds is 7. The molecule has 0 saturated heterocycles. The number of hydrogen-bond donors (Lipinski definition) is 3. The molecular weight excluding hydrogens is 386 g/mol. The number of methoxy groups -OCH3 is 1. The molecule has 0 spiro atoms. The highest BCUT2D eigenvalue weighted by Crippen LogP contribution is 2.24. The third-order valence-corrected chi connectivity index (χ3v) is 4.62. The number of carbonyl (C=O) groups excluding carboxylic acids is 3. The van der Waals surface area contributed by atoms with E-state index in [0.717, 1.165) is 5.56 Å². The highest BCUT2D eigenvalue weighted by Gasteiger charge is 2.34. The van der Waals surface area contributed by atoms with Crippen LogP contribution in [0.25, 0.3) is 0 Å². The molecule has 8 nitrogen and oxygen atoms in total. The molecule has 0 saturated carbocycles. The SMILES string of the molecule is COC(=O)C1=C(Nc2cccc(NC(=O)c3cccc(C)c3)c2)C(=O)N(CCO)C1. The zero-order chi connectivity index (χ0) is 21.7. The second kappa shape index (κ2) is 9.23. The van der Waals surface area contributed by atoms with E-state index in [1.165, 1.54) is 12.0 Å². The first-order valence-corrected chi connectivity index (χ1v) is 9.39. The van der Waals surface area contributed by atoms with E-state index in [0.29, 0.717) is 16.9 Å². The summed E-state index contributed by atoms with van der Waals surface area (Å²) in [6, 6.07) is 14.1. The van der Waals surface area contributed by atoms with Crippen LogP contribution in [0, 0.1) is 6.92 Å². The highest BCUT2D eigenvalue weighted by molar-refractivity contribution is 6.09. The number of esters is 1. The number of aryl methyl sites for hydroxylation is 1. The quantitative estimate of drug-likeness (QED) is 0.603. The van der Waals surface area contributed by atoms with E-state index in [9.17, 15) is 14.4 Å². The van der Waals surface area contributed by atoms with Crippen molar-refractivity contribution in [2.24, 2.45) is 0 Å². The molecule has 0 aromatic heterocycles. The molecule has 0 fully saturated rings. The molecule has 30 heavy (non-hydrogen) atoms. The predicted octanol–water partition coefficient (Wildman–Crippen LogP) is 1.92. The van der Waals surface area contributed by atoms with Crippen molar-refractivity contribution in [2.75, 3.05) is 37.4 Å². The molecule has 1 aliphatic rings. The van der Waals surface area contributed by atoms with Crippen molar-refractivity contribution in [1.82, 2.24) is 4.90 Å². The minimum absolute atomic E-state index is 0.0538. The fourth-order valence-electron chi connectivity index (χ4n) is 3.16. The Morgan fingerprint density at radius 3 is 2.57 bits per heavy atom. The Labute approximate surface area is 174 Å². The molecule has 1 aliphatic heterocycles. The van der Waals surface area contributed by atoms with Gasteiger partial charge in [-0.05, 0) is 37.3 Å². The molecule has 2 amide bonds. The van der Waals surface area contributed by atoms with E-state index in [-0.39, 0.29) is 36.9 Å². The van der Waals surface area contributed by atoms with Crippen LogP contribution in [0.3, 0.4) is 0 Å². The molecule has 2 aromatic rings. The Morgan fingerprint density at radius 2 is 1.87 bits per heavy atom. The maximum absolute atomic E-state index is 12.6. The average Bonchev–Trinajstić information content (AvgIpc) is 3.03. The summed E-state index contributed by atoms with van der Waals surface area (Å²) in [7, 11) is 1.24. The van der Waals surface area contributed by atoms with Gasteiger partial charge in [-0.25, -0.2) is 4.79 Å². The summed E-state index contributed by atoms with van der Waals surface area (Å²) < 4.78 is 4.78. The third-order valence-electron chi connectivity index (χ3n) is 4.62. The van der Waals surface area contributed by atoms with Crippen LogP contribution < -0.4 is 10.6 Å². The van der Waals surface area contributed by atoms with Gasteiger partial charge in [-0.2, -0.15) is 0 Å². The van der Waals surface area contributed by atoms with Gasteiger partial charge in [-0.15, -0.1) is 0 Å². The fourth-order valence-corrected chi connectivity index (χ4v) is 3.16. The standard InChI is InChI=1S/C22H23N3O5/c1-14-5-3-6-15(11-14)20(27)24-17-8-4-7-16(12-17)23-19-18(22(29)30-2)13-25(9-10-26)21(19)28/h3-8,11-12,23,26H,9-10,13H2,1-2H3,(H,24,27). The maximum Gasteiger partial charge on any atom is 0.337 e. The summed E-state index contributed by atoms with van der Waals surface area (Å²) in [6.07, 6.45) is 0. The number of aliphatic hydroxyl groups excluding tert-OH is 1. The zero-order valence-electron chi connectivity index (χ0n) is 16.8. The predicted molar refractivity (Wildman–Crippen MR) is 112 cm³/mol. The maximum atomic E-state index is 12.6. The van der Waals surface area contributed by atoms with Crippen LogP contribution >= 0.6 is 0 Å². The van der Waals surface area contributed by atoms with E-state index in [1.807, 2.05) is 19.1 Å². The number of carbonyl (C=O) groups is 3. The van der Waals surface area contributed by atoms with Crippen LogP contribution in [-0.4, -0.2) is 54.6 Å². The van der Waals surface area contributed by atoms with Gasteiger partial charge in [0.15, 0.2) is 0 Å². The summed E-state index contributed by atoms with van der Waals surface area (Å²) in [5.74, 6) is -1.27. The molecule has 0 atom stereocenters. The van der Waals surface area contributed by atoms with Gasteiger partial charge in [0.05, 0.1) is 25.8 Å². The molecule has 0 unspecified atom stereocenters. The normalized spacial score (nSPS) is 13.4. The first-order valence-electron chi connectivity index (χ1n) is 9.39. The number of nitrogens with zero attached hydrogens (tertiary/aromatic N) is 1. The number of amides is 2. The lowest BCUT2D eigenvalue weighted by Gasteiger charge is -2.15. The first-order chi connectivity index (χ1) is 14.4. The zero-order valence-corrected chi connectivity index (χ0v) is 16.8. The number of hydrogen-bond acceptors (Lipinski definition) is 6. The Bertz CT molecular complexity index is 1020. The lowest BCUT2D eigenvalue weighted by atomic mass is 10.1. The van der Waals surface area contributed by atoms with Crippen molar-refractivity contribution in [1.29, 1.82) is 0 Å². The van der Waals surface area contributed by atoms with E-state index < -0.39 is 11.9 Å². The van der Waals surface area contributed by atoms with Gasteiger partial charge in [0.2, 0.25) is 0 Å². The molecule has 0 bridgehead atoms. The fraction of sp³-hybridized carbons (Fsp3) is 0.227.